The number of anilines is 2. The van der Waals surface area contributed by atoms with Crippen molar-refractivity contribution in [1.82, 2.24) is 24.9 Å². The van der Waals surface area contributed by atoms with Crippen LogP contribution in [0.1, 0.15) is 15.9 Å². The zero-order valence-electron chi connectivity index (χ0n) is 19.5. The van der Waals surface area contributed by atoms with Gasteiger partial charge in [0.2, 0.25) is 0 Å². The lowest BCUT2D eigenvalue weighted by Gasteiger charge is -2.27. The second-order valence-electron chi connectivity index (χ2n) is 8.28. The summed E-state index contributed by atoms with van der Waals surface area (Å²) in [7, 11) is 0. The topological polar surface area (TPSA) is 122 Å². The first-order chi connectivity index (χ1) is 18.0. The number of rotatable bonds is 9. The molecule has 0 unspecified atom stereocenters. The zero-order chi connectivity index (χ0) is 25.8. The number of hydrogen-bond acceptors (Lipinski definition) is 7. The molecule has 0 fully saturated rings. The summed E-state index contributed by atoms with van der Waals surface area (Å²) in [5.41, 5.74) is 1.23. The van der Waals surface area contributed by atoms with Gasteiger partial charge < -0.3 is 15.7 Å². The van der Waals surface area contributed by atoms with Crippen molar-refractivity contribution in [1.29, 1.82) is 0 Å². The molecule has 3 heterocycles. The summed E-state index contributed by atoms with van der Waals surface area (Å²) in [6.45, 7) is 3.70. The number of carboxylic acid groups (broad SMARTS) is 1. The minimum Gasteiger partial charge on any atom is -0.479 e. The number of thiazole rings is 1. The normalized spacial score (nSPS) is 12.5. The Bertz CT molecular complexity index is 1570. The molecule has 0 bridgehead atoms. The Hall–Kier alpha value is -4.83. The van der Waals surface area contributed by atoms with Crippen LogP contribution in [0.15, 0.2) is 97.2 Å². The first-order valence-corrected chi connectivity index (χ1v) is 12.2. The van der Waals surface area contributed by atoms with E-state index in [-0.39, 0.29) is 12.0 Å². The second-order valence-corrected chi connectivity index (χ2v) is 9.17. The molecule has 2 aromatic carbocycles. The third kappa shape index (κ3) is 4.82. The number of amides is 1. The number of fused-ring (bicyclic) bond motifs is 1. The van der Waals surface area contributed by atoms with Crippen LogP contribution in [-0.2, 0) is 11.2 Å². The van der Waals surface area contributed by atoms with E-state index in [4.69, 9.17) is 0 Å². The number of pyridine rings is 1. The van der Waals surface area contributed by atoms with Gasteiger partial charge in [-0.3, -0.25) is 9.20 Å². The fourth-order valence-corrected chi connectivity index (χ4v) is 4.52. The molecule has 5 rings (SSSR count). The molecule has 3 aromatic heterocycles. The maximum Gasteiger partial charge on any atom is 0.333 e. The van der Waals surface area contributed by atoms with E-state index >= 15 is 0 Å². The lowest BCUT2D eigenvalue weighted by molar-refractivity contribution is -0.142. The predicted octanol–water partition coefficient (Wildman–Crippen LogP) is 4.58. The van der Waals surface area contributed by atoms with E-state index in [0.29, 0.717) is 11.5 Å². The maximum atomic E-state index is 13.4. The first kappa shape index (κ1) is 23.9. The number of carboxylic acids is 1. The van der Waals surface area contributed by atoms with Gasteiger partial charge in [0.05, 0.1) is 5.56 Å². The van der Waals surface area contributed by atoms with Gasteiger partial charge in [0, 0.05) is 35.4 Å². The maximum absolute atomic E-state index is 13.4. The van der Waals surface area contributed by atoms with Gasteiger partial charge in [-0.15, -0.1) is 28.1 Å². The minimum atomic E-state index is -1.70. The van der Waals surface area contributed by atoms with Gasteiger partial charge >= 0.3 is 5.97 Å². The Morgan fingerprint density at radius 1 is 1.05 bits per heavy atom. The van der Waals surface area contributed by atoms with Gasteiger partial charge in [-0.2, -0.15) is 0 Å². The highest BCUT2D eigenvalue weighted by Crippen LogP contribution is 2.25. The van der Waals surface area contributed by atoms with Crippen LogP contribution in [0, 0.1) is 0 Å². The monoisotopic (exact) mass is 510 g/mol. The summed E-state index contributed by atoms with van der Waals surface area (Å²) >= 11 is 1.50. The quantitative estimate of drug-likeness (QED) is 0.248. The summed E-state index contributed by atoms with van der Waals surface area (Å²) in [5.74, 6) is -1.26. The number of hydrogen-bond donors (Lipinski definition) is 3. The number of aliphatic carboxylic acids is 1. The molecule has 5 aromatic rings. The van der Waals surface area contributed by atoms with Gasteiger partial charge in [0.1, 0.15) is 0 Å². The fraction of sp³-hybridized carbons (Fsp3) is 0.0741. The van der Waals surface area contributed by atoms with Crippen LogP contribution < -0.4 is 10.6 Å². The van der Waals surface area contributed by atoms with Crippen LogP contribution in [0.4, 0.5) is 10.8 Å². The van der Waals surface area contributed by atoms with Crippen molar-refractivity contribution < 1.29 is 14.7 Å². The van der Waals surface area contributed by atoms with Crippen LogP contribution in [-0.4, -0.2) is 42.1 Å². The van der Waals surface area contributed by atoms with E-state index in [1.807, 2.05) is 47.8 Å². The second kappa shape index (κ2) is 10.0. The van der Waals surface area contributed by atoms with Crippen LogP contribution in [0.25, 0.3) is 17.0 Å². The van der Waals surface area contributed by atoms with Crippen molar-refractivity contribution in [3.63, 3.8) is 0 Å². The van der Waals surface area contributed by atoms with Crippen LogP contribution in [0.5, 0.6) is 0 Å². The number of nitrogens with one attached hydrogen (secondary N) is 2. The molecule has 184 valence electrons. The zero-order valence-corrected chi connectivity index (χ0v) is 20.4. The molecule has 3 N–H and O–H groups in total. The van der Waals surface area contributed by atoms with Crippen molar-refractivity contribution in [2.24, 2.45) is 0 Å². The highest BCUT2D eigenvalue weighted by atomic mass is 32.1. The molecule has 37 heavy (non-hydrogen) atoms. The number of nitrogens with zero attached hydrogens (tertiary/aromatic N) is 4. The van der Waals surface area contributed by atoms with E-state index in [9.17, 15) is 14.7 Å². The summed E-state index contributed by atoms with van der Waals surface area (Å²) in [6, 6.07) is 20.0. The largest absolute Gasteiger partial charge is 0.479 e. The lowest BCUT2D eigenvalue weighted by Crippen LogP contribution is -2.54. The van der Waals surface area contributed by atoms with Gasteiger partial charge in [0.15, 0.2) is 22.1 Å². The Kier molecular flexibility index (Phi) is 6.48. The van der Waals surface area contributed by atoms with E-state index in [1.165, 1.54) is 17.4 Å². The molecule has 0 aliphatic rings. The van der Waals surface area contributed by atoms with Gasteiger partial charge in [0.25, 0.3) is 5.91 Å². The summed E-state index contributed by atoms with van der Waals surface area (Å²) in [6.07, 6.45) is 4.78. The summed E-state index contributed by atoms with van der Waals surface area (Å²) in [5, 5.41) is 27.1. The van der Waals surface area contributed by atoms with Crippen molar-refractivity contribution in [3.8, 4) is 11.4 Å². The molecule has 9 nitrogen and oxygen atoms in total. The van der Waals surface area contributed by atoms with Crippen molar-refractivity contribution in [2.45, 2.75) is 12.0 Å². The Morgan fingerprint density at radius 2 is 1.84 bits per heavy atom. The standard InChI is InChI=1S/C27H22N6O3S/c1-2-27(25(35)36,17-18-7-4-3-5-8-18)30-24(34)21-9-6-15-33-22(31-32-23(21)33)19-10-12-20(13-11-19)29-26-28-14-16-37-26/h2-16H,1,17H2,(H,28,29)(H,30,34)(H,35,36)/t27-/m0/s1. The summed E-state index contributed by atoms with van der Waals surface area (Å²) in [4.78, 5) is 29.8. The van der Waals surface area contributed by atoms with Crippen molar-refractivity contribution in [2.75, 3.05) is 5.32 Å². The van der Waals surface area contributed by atoms with Crippen LogP contribution in [0.2, 0.25) is 0 Å². The Morgan fingerprint density at radius 3 is 2.51 bits per heavy atom. The molecule has 1 amide bonds. The van der Waals surface area contributed by atoms with E-state index in [0.717, 1.165) is 21.9 Å². The lowest BCUT2D eigenvalue weighted by atomic mass is 9.90. The molecule has 0 saturated carbocycles. The molecule has 0 spiro atoms. The minimum absolute atomic E-state index is 0.0425. The molecular weight excluding hydrogens is 488 g/mol. The highest BCUT2D eigenvalue weighted by molar-refractivity contribution is 7.13. The van der Waals surface area contributed by atoms with Gasteiger partial charge in [-0.25, -0.2) is 9.78 Å². The average Bonchev–Trinajstić information content (AvgIpc) is 3.59. The molecule has 0 aliphatic carbocycles. The van der Waals surface area contributed by atoms with Gasteiger partial charge in [-0.05, 0) is 42.0 Å². The van der Waals surface area contributed by atoms with E-state index in [2.05, 4.69) is 32.4 Å². The third-order valence-corrected chi connectivity index (χ3v) is 6.59. The smallest absolute Gasteiger partial charge is 0.333 e. The highest BCUT2D eigenvalue weighted by Gasteiger charge is 2.38. The molecular formula is C27H22N6O3S. The molecule has 10 heteroatoms. The number of benzene rings is 2. The Balaban J connectivity index is 1.43. The number of aromatic nitrogens is 4. The average molecular weight is 511 g/mol. The van der Waals surface area contributed by atoms with Crippen molar-refractivity contribution in [3.05, 3.63) is 108 Å². The van der Waals surface area contributed by atoms with E-state index < -0.39 is 17.4 Å². The first-order valence-electron chi connectivity index (χ1n) is 11.3. The Labute approximate surface area is 216 Å². The van der Waals surface area contributed by atoms with Gasteiger partial charge in [-0.1, -0.05) is 36.4 Å². The SMILES string of the molecule is C=C[C@@](Cc1ccccc1)(NC(=O)c1cccn2c(-c3ccc(Nc4nccs4)cc3)nnc12)C(=O)O. The van der Waals surface area contributed by atoms with Crippen LogP contribution in [0.3, 0.4) is 0 Å². The molecule has 0 radical (unpaired) electrons. The number of carbonyl (C=O) groups is 2. The predicted molar refractivity (Wildman–Crippen MR) is 142 cm³/mol. The number of carbonyl (C=O) groups excluding carboxylic acids is 1. The molecule has 1 atom stereocenters. The molecule has 0 aliphatic heterocycles. The fourth-order valence-electron chi connectivity index (χ4n) is 3.97. The summed E-state index contributed by atoms with van der Waals surface area (Å²) < 4.78 is 1.70. The van der Waals surface area contributed by atoms with Crippen LogP contribution >= 0.6 is 11.3 Å². The van der Waals surface area contributed by atoms with Crippen molar-refractivity contribution >= 4 is 39.7 Å². The van der Waals surface area contributed by atoms with E-state index in [1.54, 1.807) is 41.1 Å². The third-order valence-electron chi connectivity index (χ3n) is 5.90. The molecule has 0 saturated heterocycles.